The standard InChI is InChI=1S/C58H97NO18/c1-3-5-7-8-9-10-11-12-13-14-15-16-17-18-19-20-21-22-23-24-25-26-27-28-29-30-31-32-34-36-46(64)59-41(42(63)35-33-6-4-2)40-72-56-52(70)49(67)54(44(38-61)74-56)77-58-53(71)50(68)55(45(39-62)75-58)76-57-51(69)48(66)47(65)43(37-60)73-57/h5,7,9-10,12-13,15-16,18-19,21-22,24-25,41-45,47-58,60-63,65-71H,3-4,6,8,11,14,17,20,23,26-40H2,1-2H3,(H,59,64)/b7-5-,10-9-,13-12-,16-15-,19-18-,22-21-,25-24-. The fraction of sp³-hybridized carbons (Fsp3) is 0.741. The van der Waals surface area contributed by atoms with Crippen molar-refractivity contribution in [2.24, 2.45) is 0 Å². The molecule has 3 aliphatic rings. The summed E-state index contributed by atoms with van der Waals surface area (Å²) in [6.07, 6.45) is 22.4. The molecule has 77 heavy (non-hydrogen) atoms. The number of carbonyl (C=O) groups excluding carboxylic acids is 1. The first kappa shape index (κ1) is 68.2. The van der Waals surface area contributed by atoms with Crippen LogP contribution in [-0.4, -0.2) is 193 Å². The fourth-order valence-corrected chi connectivity index (χ4v) is 9.05. The lowest BCUT2D eigenvalue weighted by atomic mass is 9.96. The second-order valence-electron chi connectivity index (χ2n) is 20.0. The molecule has 0 aromatic rings. The minimum absolute atomic E-state index is 0.244. The molecule has 19 nitrogen and oxygen atoms in total. The Kier molecular flexibility index (Phi) is 36.4. The molecule has 0 aromatic heterocycles. The summed E-state index contributed by atoms with van der Waals surface area (Å²) >= 11 is 0. The monoisotopic (exact) mass is 1100 g/mol. The van der Waals surface area contributed by atoms with Crippen LogP contribution in [0.25, 0.3) is 0 Å². The van der Waals surface area contributed by atoms with Crippen LogP contribution in [0.15, 0.2) is 85.1 Å². The van der Waals surface area contributed by atoms with E-state index in [1.54, 1.807) is 0 Å². The quantitative estimate of drug-likeness (QED) is 0.0305. The second-order valence-corrected chi connectivity index (χ2v) is 20.0. The summed E-state index contributed by atoms with van der Waals surface area (Å²) < 4.78 is 34.0. The van der Waals surface area contributed by atoms with E-state index in [0.717, 1.165) is 103 Å². The Labute approximate surface area is 457 Å². The van der Waals surface area contributed by atoms with Crippen molar-refractivity contribution in [3.63, 3.8) is 0 Å². The molecule has 0 radical (unpaired) electrons. The molecule has 17 atom stereocenters. The van der Waals surface area contributed by atoms with Crippen LogP contribution in [-0.2, 0) is 33.2 Å². The van der Waals surface area contributed by atoms with Gasteiger partial charge in [0.05, 0.1) is 38.6 Å². The van der Waals surface area contributed by atoms with Crippen LogP contribution >= 0.6 is 0 Å². The normalized spacial score (nSPS) is 31.4. The van der Waals surface area contributed by atoms with Crippen LogP contribution in [0.1, 0.15) is 142 Å². The highest BCUT2D eigenvalue weighted by molar-refractivity contribution is 5.76. The first-order valence-electron chi connectivity index (χ1n) is 28.3. The number of hydrogen-bond donors (Lipinski definition) is 12. The third-order valence-electron chi connectivity index (χ3n) is 13.7. The van der Waals surface area contributed by atoms with Crippen molar-refractivity contribution in [2.45, 2.75) is 247 Å². The van der Waals surface area contributed by atoms with Crippen molar-refractivity contribution in [1.82, 2.24) is 5.32 Å². The molecule has 1 amide bonds. The van der Waals surface area contributed by atoms with E-state index in [1.807, 2.05) is 6.92 Å². The summed E-state index contributed by atoms with van der Waals surface area (Å²) in [6, 6.07) is -0.894. The van der Waals surface area contributed by atoms with Gasteiger partial charge >= 0.3 is 0 Å². The zero-order valence-electron chi connectivity index (χ0n) is 45.6. The molecule has 442 valence electrons. The highest BCUT2D eigenvalue weighted by Gasteiger charge is 2.53. The summed E-state index contributed by atoms with van der Waals surface area (Å²) in [4.78, 5) is 13.1. The van der Waals surface area contributed by atoms with E-state index in [4.69, 9.17) is 28.4 Å². The fourth-order valence-electron chi connectivity index (χ4n) is 9.05. The van der Waals surface area contributed by atoms with Gasteiger partial charge in [-0.2, -0.15) is 0 Å². The van der Waals surface area contributed by atoms with Crippen molar-refractivity contribution in [3.8, 4) is 0 Å². The molecule has 0 aromatic carbocycles. The average molecular weight is 1100 g/mol. The number of hydrogen-bond acceptors (Lipinski definition) is 18. The highest BCUT2D eigenvalue weighted by Crippen LogP contribution is 2.33. The van der Waals surface area contributed by atoms with E-state index in [0.29, 0.717) is 19.3 Å². The number of nitrogens with one attached hydrogen (secondary N) is 1. The predicted molar refractivity (Wildman–Crippen MR) is 291 cm³/mol. The summed E-state index contributed by atoms with van der Waals surface area (Å²) in [5.74, 6) is -0.272. The molecule has 0 bridgehead atoms. The first-order chi connectivity index (χ1) is 37.3. The SMILES string of the molecule is CC/C=C\C/C=C\C/C=C\C/C=C\C/C=C\C/C=C\C/C=C\CCCCCCCCCC(=O)NC(COC1OC(CO)C(OC2OC(CO)C(OC3OC(CO)C(O)C(O)C3O)C(O)C2O)C(O)C1O)C(O)CCCCC. The van der Waals surface area contributed by atoms with Crippen LogP contribution in [0.5, 0.6) is 0 Å². The number of carbonyl (C=O) groups is 1. The van der Waals surface area contributed by atoms with E-state index >= 15 is 0 Å². The maximum atomic E-state index is 13.1. The third-order valence-corrected chi connectivity index (χ3v) is 13.7. The Bertz CT molecular complexity index is 1740. The minimum Gasteiger partial charge on any atom is -0.394 e. The van der Waals surface area contributed by atoms with Gasteiger partial charge in [0.25, 0.3) is 0 Å². The smallest absolute Gasteiger partial charge is 0.220 e. The number of aliphatic hydroxyl groups excluding tert-OH is 11. The van der Waals surface area contributed by atoms with Crippen LogP contribution in [0.2, 0.25) is 0 Å². The lowest BCUT2D eigenvalue weighted by Crippen LogP contribution is -2.66. The molecule has 17 unspecified atom stereocenters. The first-order valence-corrected chi connectivity index (χ1v) is 28.3. The van der Waals surface area contributed by atoms with Crippen LogP contribution in [0, 0.1) is 0 Å². The van der Waals surface area contributed by atoms with Crippen molar-refractivity contribution in [1.29, 1.82) is 0 Å². The van der Waals surface area contributed by atoms with Gasteiger partial charge in [0.15, 0.2) is 18.9 Å². The molecule has 19 heteroatoms. The number of rotatable bonds is 39. The largest absolute Gasteiger partial charge is 0.394 e. The molecule has 3 heterocycles. The maximum absolute atomic E-state index is 13.1. The van der Waals surface area contributed by atoms with Gasteiger partial charge in [-0.15, -0.1) is 0 Å². The molecular weight excluding hydrogens is 999 g/mol. The topological polar surface area (TPSA) is 307 Å². The zero-order valence-corrected chi connectivity index (χ0v) is 45.6. The van der Waals surface area contributed by atoms with Gasteiger partial charge in [0, 0.05) is 6.42 Å². The molecular formula is C58H97NO18. The minimum atomic E-state index is -1.97. The van der Waals surface area contributed by atoms with E-state index in [1.165, 1.54) is 0 Å². The number of allylic oxidation sites excluding steroid dienone is 14. The number of aliphatic hydroxyl groups is 11. The zero-order chi connectivity index (χ0) is 56.2. The van der Waals surface area contributed by atoms with Crippen molar-refractivity contribution >= 4 is 5.91 Å². The van der Waals surface area contributed by atoms with E-state index < -0.39 is 124 Å². The van der Waals surface area contributed by atoms with Crippen LogP contribution in [0.3, 0.4) is 0 Å². The summed E-state index contributed by atoms with van der Waals surface area (Å²) in [6.45, 7) is 1.43. The maximum Gasteiger partial charge on any atom is 0.220 e. The Morgan fingerprint density at radius 3 is 1.38 bits per heavy atom. The van der Waals surface area contributed by atoms with Crippen LogP contribution in [0.4, 0.5) is 0 Å². The van der Waals surface area contributed by atoms with Crippen molar-refractivity contribution in [2.75, 3.05) is 26.4 Å². The Hall–Kier alpha value is -3.03. The third kappa shape index (κ3) is 25.5. The highest BCUT2D eigenvalue weighted by atomic mass is 16.8. The van der Waals surface area contributed by atoms with Gasteiger partial charge in [-0.1, -0.05) is 150 Å². The molecule has 0 aliphatic carbocycles. The van der Waals surface area contributed by atoms with E-state index in [2.05, 4.69) is 97.3 Å². The molecule has 3 saturated heterocycles. The van der Waals surface area contributed by atoms with Gasteiger partial charge < -0.3 is 89.9 Å². The summed E-state index contributed by atoms with van der Waals surface area (Å²) in [5, 5.41) is 119. The molecule has 3 aliphatic heterocycles. The Morgan fingerprint density at radius 1 is 0.481 bits per heavy atom. The molecule has 3 fully saturated rings. The molecule has 3 rings (SSSR count). The van der Waals surface area contributed by atoms with Gasteiger partial charge in [-0.25, -0.2) is 0 Å². The molecule has 12 N–H and O–H groups in total. The van der Waals surface area contributed by atoms with Crippen molar-refractivity contribution in [3.05, 3.63) is 85.1 Å². The summed E-state index contributed by atoms with van der Waals surface area (Å²) in [7, 11) is 0. The second kappa shape index (κ2) is 41.0. The summed E-state index contributed by atoms with van der Waals surface area (Å²) in [5.41, 5.74) is 0. The number of amides is 1. The number of unbranched alkanes of at least 4 members (excludes halogenated alkanes) is 9. The van der Waals surface area contributed by atoms with Crippen LogP contribution < -0.4 is 5.32 Å². The lowest BCUT2D eigenvalue weighted by molar-refractivity contribution is -0.379. The number of ether oxygens (including phenoxy) is 6. The van der Waals surface area contributed by atoms with Gasteiger partial charge in [-0.05, 0) is 70.6 Å². The average Bonchev–Trinajstić information content (AvgIpc) is 3.43. The molecule has 0 spiro atoms. The van der Waals surface area contributed by atoms with Gasteiger partial charge in [0.2, 0.25) is 5.91 Å². The van der Waals surface area contributed by atoms with E-state index in [9.17, 15) is 61.0 Å². The van der Waals surface area contributed by atoms with Gasteiger partial charge in [-0.3, -0.25) is 4.79 Å². The van der Waals surface area contributed by atoms with Gasteiger partial charge in [0.1, 0.15) is 73.2 Å². The lowest BCUT2D eigenvalue weighted by Gasteiger charge is -2.48. The Balaban J connectivity index is 1.34. The molecule has 0 saturated carbocycles. The van der Waals surface area contributed by atoms with E-state index in [-0.39, 0.29) is 18.9 Å². The Morgan fingerprint density at radius 2 is 0.896 bits per heavy atom. The predicted octanol–water partition coefficient (Wildman–Crippen LogP) is 4.03. The van der Waals surface area contributed by atoms with Crippen molar-refractivity contribution < 1.29 is 89.4 Å².